The van der Waals surface area contributed by atoms with Gasteiger partial charge in [0.15, 0.2) is 0 Å². The molecule has 10 heavy (non-hydrogen) atoms. The molecule has 0 rings (SSSR count). The first kappa shape index (κ1) is 9.39. The molecule has 0 saturated heterocycles. The lowest BCUT2D eigenvalue weighted by atomic mass is 10.4. The standard InChI is InChI=1S/C5H5F5/c6-4(7)2-1-3-5(8,9)10/h1,3-4H,2H2. The van der Waals surface area contributed by atoms with E-state index in [0.29, 0.717) is 6.08 Å². The second-order valence-corrected chi connectivity index (χ2v) is 1.57. The summed E-state index contributed by atoms with van der Waals surface area (Å²) in [4.78, 5) is 0. The molecule has 0 heterocycles. The Morgan fingerprint density at radius 3 is 2.00 bits per heavy atom. The second-order valence-electron chi connectivity index (χ2n) is 1.57. The van der Waals surface area contributed by atoms with E-state index in [0.717, 1.165) is 0 Å². The van der Waals surface area contributed by atoms with Crippen molar-refractivity contribution in [3.05, 3.63) is 12.2 Å². The third kappa shape index (κ3) is 7.39. The molecule has 5 heteroatoms. The molecule has 60 valence electrons. The minimum atomic E-state index is -4.48. The van der Waals surface area contributed by atoms with Crippen LogP contribution < -0.4 is 0 Å². The van der Waals surface area contributed by atoms with Gasteiger partial charge in [-0.05, 0) is 0 Å². The van der Waals surface area contributed by atoms with E-state index in [9.17, 15) is 22.0 Å². The lowest BCUT2D eigenvalue weighted by Gasteiger charge is -1.96. The summed E-state index contributed by atoms with van der Waals surface area (Å²) in [6.07, 6.45) is -7.82. The van der Waals surface area contributed by atoms with Gasteiger partial charge in [0.2, 0.25) is 6.43 Å². The van der Waals surface area contributed by atoms with Crippen LogP contribution in [0.5, 0.6) is 0 Å². The van der Waals surface area contributed by atoms with E-state index >= 15 is 0 Å². The zero-order valence-corrected chi connectivity index (χ0v) is 4.83. The number of halogens is 5. The molecule has 0 radical (unpaired) electrons. The van der Waals surface area contributed by atoms with Gasteiger partial charge < -0.3 is 0 Å². The van der Waals surface area contributed by atoms with E-state index in [1.807, 2.05) is 0 Å². The number of hydrogen-bond donors (Lipinski definition) is 0. The van der Waals surface area contributed by atoms with E-state index in [2.05, 4.69) is 0 Å². The maximum Gasteiger partial charge on any atom is 0.409 e. The van der Waals surface area contributed by atoms with Crippen molar-refractivity contribution in [2.24, 2.45) is 0 Å². The molecular weight excluding hydrogens is 155 g/mol. The first-order valence-corrected chi connectivity index (χ1v) is 2.44. The van der Waals surface area contributed by atoms with Crippen LogP contribution in [0.3, 0.4) is 0 Å². The molecule has 0 spiro atoms. The Morgan fingerprint density at radius 1 is 1.20 bits per heavy atom. The van der Waals surface area contributed by atoms with Crippen LogP contribution in [-0.4, -0.2) is 12.6 Å². The summed E-state index contributed by atoms with van der Waals surface area (Å²) in [5.74, 6) is 0. The number of rotatable bonds is 2. The SMILES string of the molecule is FC(F)CC=CC(F)(F)F. The Hall–Kier alpha value is -0.610. The Kier molecular flexibility index (Phi) is 3.32. The fourth-order valence-electron chi connectivity index (χ4n) is 0.305. The van der Waals surface area contributed by atoms with Crippen molar-refractivity contribution in [1.82, 2.24) is 0 Å². The Morgan fingerprint density at radius 2 is 1.70 bits per heavy atom. The number of hydrogen-bond acceptors (Lipinski definition) is 0. The normalized spacial score (nSPS) is 13.4. The molecule has 0 aromatic carbocycles. The fourth-order valence-corrected chi connectivity index (χ4v) is 0.305. The van der Waals surface area contributed by atoms with Crippen LogP contribution in [0.4, 0.5) is 22.0 Å². The highest BCUT2D eigenvalue weighted by molar-refractivity contribution is 4.88. The first-order chi connectivity index (χ1) is 4.42. The Labute approximate surface area is 54.3 Å². The van der Waals surface area contributed by atoms with Crippen LogP contribution in [-0.2, 0) is 0 Å². The zero-order valence-electron chi connectivity index (χ0n) is 4.83. The van der Waals surface area contributed by atoms with Crippen molar-refractivity contribution in [1.29, 1.82) is 0 Å². The van der Waals surface area contributed by atoms with E-state index in [-0.39, 0.29) is 6.08 Å². The maximum atomic E-state index is 11.2. The summed E-state index contributed by atoms with van der Waals surface area (Å²) >= 11 is 0. The molecule has 0 unspecified atom stereocenters. The van der Waals surface area contributed by atoms with Gasteiger partial charge in [-0.1, -0.05) is 6.08 Å². The second kappa shape index (κ2) is 3.53. The molecule has 0 atom stereocenters. The molecule has 0 N–H and O–H groups in total. The third-order valence-corrected chi connectivity index (χ3v) is 0.621. The topological polar surface area (TPSA) is 0 Å². The molecular formula is C5H5F5. The molecule has 0 nitrogen and oxygen atoms in total. The molecule has 0 aliphatic heterocycles. The quantitative estimate of drug-likeness (QED) is 0.430. The van der Waals surface area contributed by atoms with Crippen molar-refractivity contribution in [3.63, 3.8) is 0 Å². The van der Waals surface area contributed by atoms with Crippen molar-refractivity contribution >= 4 is 0 Å². The summed E-state index contributed by atoms with van der Waals surface area (Å²) in [6, 6.07) is 0. The largest absolute Gasteiger partial charge is 0.409 e. The van der Waals surface area contributed by atoms with Crippen molar-refractivity contribution in [2.45, 2.75) is 19.0 Å². The summed E-state index contributed by atoms with van der Waals surface area (Å²) in [5.41, 5.74) is 0. The van der Waals surface area contributed by atoms with Crippen LogP contribution >= 0.6 is 0 Å². The van der Waals surface area contributed by atoms with Gasteiger partial charge in [-0.25, -0.2) is 8.78 Å². The van der Waals surface area contributed by atoms with E-state index in [1.165, 1.54) is 0 Å². The van der Waals surface area contributed by atoms with Crippen molar-refractivity contribution < 1.29 is 22.0 Å². The predicted molar refractivity (Wildman–Crippen MR) is 25.8 cm³/mol. The third-order valence-electron chi connectivity index (χ3n) is 0.621. The minimum absolute atomic E-state index is 0.195. The first-order valence-electron chi connectivity index (χ1n) is 2.44. The highest BCUT2D eigenvalue weighted by Gasteiger charge is 2.21. The van der Waals surface area contributed by atoms with E-state index in [1.54, 1.807) is 0 Å². The van der Waals surface area contributed by atoms with Gasteiger partial charge in [-0.15, -0.1) is 0 Å². The summed E-state index contributed by atoms with van der Waals surface area (Å²) in [5, 5.41) is 0. The average Bonchev–Trinajstić information content (AvgIpc) is 1.59. The summed E-state index contributed by atoms with van der Waals surface area (Å²) in [7, 11) is 0. The lowest BCUT2D eigenvalue weighted by molar-refractivity contribution is -0.0801. The molecule has 0 bridgehead atoms. The van der Waals surface area contributed by atoms with Gasteiger partial charge in [-0.3, -0.25) is 0 Å². The van der Waals surface area contributed by atoms with Crippen molar-refractivity contribution in [3.8, 4) is 0 Å². The number of alkyl halides is 5. The van der Waals surface area contributed by atoms with Gasteiger partial charge >= 0.3 is 6.18 Å². The molecule has 0 amide bonds. The maximum absolute atomic E-state index is 11.2. The highest BCUT2D eigenvalue weighted by Crippen LogP contribution is 2.16. The fraction of sp³-hybridized carbons (Fsp3) is 0.600. The smallest absolute Gasteiger partial charge is 0.210 e. The average molecular weight is 160 g/mol. The Bertz CT molecular complexity index is 112. The van der Waals surface area contributed by atoms with Gasteiger partial charge in [-0.2, -0.15) is 13.2 Å². The molecule has 0 aromatic rings. The van der Waals surface area contributed by atoms with Crippen LogP contribution in [0.2, 0.25) is 0 Å². The van der Waals surface area contributed by atoms with Crippen LogP contribution in [0.15, 0.2) is 12.2 Å². The van der Waals surface area contributed by atoms with Crippen molar-refractivity contribution in [2.75, 3.05) is 0 Å². The van der Waals surface area contributed by atoms with Gasteiger partial charge in [0.1, 0.15) is 0 Å². The lowest BCUT2D eigenvalue weighted by Crippen LogP contribution is -2.01. The van der Waals surface area contributed by atoms with Gasteiger partial charge in [0.05, 0.1) is 0 Å². The van der Waals surface area contributed by atoms with E-state index in [4.69, 9.17) is 0 Å². The highest BCUT2D eigenvalue weighted by atomic mass is 19.4. The molecule has 0 aromatic heterocycles. The monoisotopic (exact) mass is 160 g/mol. The number of allylic oxidation sites excluding steroid dienone is 2. The Balaban J connectivity index is 3.57. The van der Waals surface area contributed by atoms with Gasteiger partial charge in [0, 0.05) is 12.5 Å². The minimum Gasteiger partial charge on any atom is -0.210 e. The zero-order chi connectivity index (χ0) is 8.20. The van der Waals surface area contributed by atoms with Crippen LogP contribution in [0.1, 0.15) is 6.42 Å². The molecule has 0 fully saturated rings. The van der Waals surface area contributed by atoms with E-state index < -0.39 is 19.0 Å². The summed E-state index contributed by atoms with van der Waals surface area (Å²) in [6.45, 7) is 0. The van der Waals surface area contributed by atoms with Crippen LogP contribution in [0.25, 0.3) is 0 Å². The van der Waals surface area contributed by atoms with Gasteiger partial charge in [0.25, 0.3) is 0 Å². The predicted octanol–water partition coefficient (Wildman–Crippen LogP) is 2.76. The molecule has 0 aliphatic rings. The molecule has 0 aliphatic carbocycles. The summed E-state index contributed by atoms with van der Waals surface area (Å²) < 4.78 is 55.9. The van der Waals surface area contributed by atoms with Crippen LogP contribution in [0, 0.1) is 0 Å². The molecule has 0 saturated carbocycles.